The molecule has 0 unspecified atom stereocenters. The molecule has 0 radical (unpaired) electrons. The van der Waals surface area contributed by atoms with Gasteiger partial charge in [-0.25, -0.2) is 13.2 Å². The summed E-state index contributed by atoms with van der Waals surface area (Å²) in [5, 5.41) is 2.74. The maximum atomic E-state index is 13.3. The van der Waals surface area contributed by atoms with Gasteiger partial charge in [0.2, 0.25) is 10.0 Å². The minimum Gasteiger partial charge on any atom is -0.489 e. The van der Waals surface area contributed by atoms with E-state index in [0.29, 0.717) is 30.0 Å². The lowest BCUT2D eigenvalue weighted by atomic mass is 9.89. The van der Waals surface area contributed by atoms with E-state index in [0.717, 1.165) is 0 Å². The highest BCUT2D eigenvalue weighted by molar-refractivity contribution is 7.89. The predicted octanol–water partition coefficient (Wildman–Crippen LogP) is 3.61. The maximum absolute atomic E-state index is 13.3. The number of carbonyl (C=O) groups is 2. The highest BCUT2D eigenvalue weighted by Crippen LogP contribution is 2.33. The molecule has 0 aliphatic carbocycles. The van der Waals surface area contributed by atoms with Gasteiger partial charge in [-0.15, -0.1) is 0 Å². The van der Waals surface area contributed by atoms with Gasteiger partial charge in [-0.3, -0.25) is 4.79 Å². The van der Waals surface area contributed by atoms with Crippen LogP contribution in [0.15, 0.2) is 47.4 Å². The molecule has 1 amide bonds. The number of carbonyl (C=O) groups excluding carboxylic acids is 2. The Bertz CT molecular complexity index is 1160. The van der Waals surface area contributed by atoms with Gasteiger partial charge in [0.15, 0.2) is 5.60 Å². The molecule has 1 aliphatic rings. The van der Waals surface area contributed by atoms with Crippen LogP contribution in [0, 0.1) is 0 Å². The molecule has 9 heteroatoms. The SMILES string of the molecule is CCN(CC)S(=O)(=O)c1ccc(OC(C)C)c(NC(=O)[C@@]2(C)Cc3ccccc3C(=O)O2)c1. The molecule has 0 aromatic heterocycles. The number of amides is 1. The molecule has 0 fully saturated rings. The fourth-order valence-electron chi connectivity index (χ4n) is 3.75. The van der Waals surface area contributed by atoms with E-state index in [4.69, 9.17) is 9.47 Å². The third kappa shape index (κ3) is 5.04. The highest BCUT2D eigenvalue weighted by Gasteiger charge is 2.43. The highest BCUT2D eigenvalue weighted by atomic mass is 32.2. The lowest BCUT2D eigenvalue weighted by Gasteiger charge is -2.33. The molecular formula is C24H30N2O6S. The Morgan fingerprint density at radius 1 is 1.18 bits per heavy atom. The second-order valence-electron chi connectivity index (χ2n) is 8.32. The lowest BCUT2D eigenvalue weighted by molar-refractivity contribution is -0.134. The largest absolute Gasteiger partial charge is 0.489 e. The fourth-order valence-corrected chi connectivity index (χ4v) is 5.24. The smallest absolute Gasteiger partial charge is 0.339 e. The van der Waals surface area contributed by atoms with E-state index in [9.17, 15) is 18.0 Å². The molecule has 2 aromatic carbocycles. The van der Waals surface area contributed by atoms with E-state index in [2.05, 4.69) is 5.32 Å². The Kier molecular flexibility index (Phi) is 7.14. The van der Waals surface area contributed by atoms with Crippen LogP contribution in [-0.2, 0) is 26.0 Å². The Balaban J connectivity index is 1.97. The van der Waals surface area contributed by atoms with Crippen molar-refractivity contribution in [1.82, 2.24) is 4.31 Å². The zero-order chi connectivity index (χ0) is 24.4. The minimum absolute atomic E-state index is 0.0359. The van der Waals surface area contributed by atoms with Crippen LogP contribution in [0.2, 0.25) is 0 Å². The van der Waals surface area contributed by atoms with Gasteiger partial charge in [0.1, 0.15) is 5.75 Å². The van der Waals surface area contributed by atoms with Gasteiger partial charge in [-0.05, 0) is 50.6 Å². The maximum Gasteiger partial charge on any atom is 0.339 e. The molecule has 8 nitrogen and oxygen atoms in total. The number of ether oxygens (including phenoxy) is 2. The first-order chi connectivity index (χ1) is 15.5. The summed E-state index contributed by atoms with van der Waals surface area (Å²) in [6.07, 6.45) is -0.0145. The van der Waals surface area contributed by atoms with E-state index >= 15 is 0 Å². The molecular weight excluding hydrogens is 444 g/mol. The van der Waals surface area contributed by atoms with Crippen LogP contribution in [0.4, 0.5) is 5.69 Å². The predicted molar refractivity (Wildman–Crippen MR) is 125 cm³/mol. The van der Waals surface area contributed by atoms with Gasteiger partial charge < -0.3 is 14.8 Å². The van der Waals surface area contributed by atoms with Gasteiger partial charge in [-0.2, -0.15) is 4.31 Å². The molecule has 0 bridgehead atoms. The van der Waals surface area contributed by atoms with E-state index < -0.39 is 27.5 Å². The van der Waals surface area contributed by atoms with Crippen LogP contribution in [0.25, 0.3) is 0 Å². The Labute approximate surface area is 194 Å². The molecule has 1 heterocycles. The summed E-state index contributed by atoms with van der Waals surface area (Å²) in [6, 6.07) is 11.3. The third-order valence-corrected chi connectivity index (χ3v) is 7.51. The van der Waals surface area contributed by atoms with Gasteiger partial charge >= 0.3 is 5.97 Å². The number of fused-ring (bicyclic) bond motifs is 1. The van der Waals surface area contributed by atoms with Crippen LogP contribution in [0.3, 0.4) is 0 Å². The molecule has 3 rings (SSSR count). The number of rotatable bonds is 8. The fraction of sp³-hybridized carbons (Fsp3) is 0.417. The zero-order valence-corrected chi connectivity index (χ0v) is 20.4. The van der Waals surface area contributed by atoms with Gasteiger partial charge in [-0.1, -0.05) is 32.0 Å². The number of hydrogen-bond donors (Lipinski definition) is 1. The average Bonchev–Trinajstić information content (AvgIpc) is 2.75. The summed E-state index contributed by atoms with van der Waals surface area (Å²) in [4.78, 5) is 25.8. The second-order valence-corrected chi connectivity index (χ2v) is 10.3. The molecule has 178 valence electrons. The van der Waals surface area contributed by atoms with E-state index in [1.165, 1.54) is 29.4 Å². The van der Waals surface area contributed by atoms with Crippen LogP contribution in [0.5, 0.6) is 5.75 Å². The van der Waals surface area contributed by atoms with Gasteiger partial charge in [0, 0.05) is 19.5 Å². The number of benzene rings is 2. The van der Waals surface area contributed by atoms with Crippen molar-refractivity contribution in [2.45, 2.75) is 57.6 Å². The molecule has 1 N–H and O–H groups in total. The molecule has 1 aliphatic heterocycles. The summed E-state index contributed by atoms with van der Waals surface area (Å²) in [5.41, 5.74) is -0.131. The molecule has 2 aromatic rings. The van der Waals surface area contributed by atoms with Crippen molar-refractivity contribution in [3.05, 3.63) is 53.6 Å². The quantitative estimate of drug-likeness (QED) is 0.587. The van der Waals surface area contributed by atoms with E-state index in [1.807, 2.05) is 13.8 Å². The summed E-state index contributed by atoms with van der Waals surface area (Å²) in [7, 11) is -3.75. The molecule has 33 heavy (non-hydrogen) atoms. The zero-order valence-electron chi connectivity index (χ0n) is 19.5. The van der Waals surface area contributed by atoms with E-state index in [1.54, 1.807) is 38.1 Å². The van der Waals surface area contributed by atoms with Crippen LogP contribution in [-0.4, -0.2) is 49.4 Å². The normalized spacial score (nSPS) is 18.1. The lowest BCUT2D eigenvalue weighted by Crippen LogP contribution is -2.49. The first-order valence-electron chi connectivity index (χ1n) is 11.0. The Hall–Kier alpha value is -2.91. The summed E-state index contributed by atoms with van der Waals surface area (Å²) in [6.45, 7) is 9.35. The first kappa shape index (κ1) is 24.7. The Morgan fingerprint density at radius 3 is 2.48 bits per heavy atom. The average molecular weight is 475 g/mol. The number of nitrogens with zero attached hydrogens (tertiary/aromatic N) is 1. The number of anilines is 1. The van der Waals surface area contributed by atoms with Gasteiger partial charge in [0.25, 0.3) is 5.91 Å². The van der Waals surface area contributed by atoms with Gasteiger partial charge in [0.05, 0.1) is 22.3 Å². The van der Waals surface area contributed by atoms with Crippen molar-refractivity contribution >= 4 is 27.6 Å². The molecule has 0 saturated carbocycles. The van der Waals surface area contributed by atoms with Crippen molar-refractivity contribution in [3.8, 4) is 5.75 Å². The standard InChI is InChI=1S/C24H30N2O6S/c1-6-26(7-2)33(29,30)18-12-13-21(31-16(3)4)20(14-18)25-23(28)24(5)15-17-10-8-9-11-19(17)22(27)32-24/h8-14,16H,6-7,15H2,1-5H3,(H,25,28)/t24-/m1/s1. The number of cyclic esters (lactones) is 1. The second kappa shape index (κ2) is 9.52. The van der Waals surface area contributed by atoms with Crippen molar-refractivity contribution < 1.29 is 27.5 Å². The number of esters is 1. The van der Waals surface area contributed by atoms with Crippen LogP contribution < -0.4 is 10.1 Å². The summed E-state index contributed by atoms with van der Waals surface area (Å²) < 4.78 is 38.7. The van der Waals surface area contributed by atoms with Crippen molar-refractivity contribution in [3.63, 3.8) is 0 Å². The molecule has 0 saturated heterocycles. The number of sulfonamides is 1. The Morgan fingerprint density at radius 2 is 1.85 bits per heavy atom. The monoisotopic (exact) mass is 474 g/mol. The van der Waals surface area contributed by atoms with Crippen LogP contribution >= 0.6 is 0 Å². The van der Waals surface area contributed by atoms with Crippen LogP contribution in [0.1, 0.15) is 50.5 Å². The summed E-state index contributed by atoms with van der Waals surface area (Å²) >= 11 is 0. The first-order valence-corrected chi connectivity index (χ1v) is 12.4. The van der Waals surface area contributed by atoms with Crippen molar-refractivity contribution in [2.75, 3.05) is 18.4 Å². The summed E-state index contributed by atoms with van der Waals surface area (Å²) in [5.74, 6) is -0.828. The third-order valence-electron chi connectivity index (χ3n) is 5.47. The minimum atomic E-state index is -3.75. The molecule has 1 atom stereocenters. The van der Waals surface area contributed by atoms with E-state index in [-0.39, 0.29) is 23.1 Å². The number of hydrogen-bond acceptors (Lipinski definition) is 6. The topological polar surface area (TPSA) is 102 Å². The van der Waals surface area contributed by atoms with Crippen molar-refractivity contribution in [1.29, 1.82) is 0 Å². The molecule has 0 spiro atoms. The van der Waals surface area contributed by atoms with Crippen molar-refractivity contribution in [2.24, 2.45) is 0 Å². The number of nitrogens with one attached hydrogen (secondary N) is 1.